The van der Waals surface area contributed by atoms with Gasteiger partial charge < -0.3 is 5.11 Å². The van der Waals surface area contributed by atoms with Crippen molar-refractivity contribution < 1.29 is 9.90 Å². The van der Waals surface area contributed by atoms with Crippen LogP contribution in [0.5, 0.6) is 0 Å². The van der Waals surface area contributed by atoms with Crippen LogP contribution >= 0.6 is 23.2 Å². The van der Waals surface area contributed by atoms with E-state index in [0.717, 1.165) is 25.7 Å². The molecular formula is C8H14Cl2O2. The van der Waals surface area contributed by atoms with E-state index >= 15 is 0 Å². The molecular weight excluding hydrogens is 199 g/mol. The van der Waals surface area contributed by atoms with E-state index in [1.165, 1.54) is 0 Å². The maximum absolute atomic E-state index is 10.4. The molecule has 0 saturated heterocycles. The zero-order valence-corrected chi connectivity index (χ0v) is 8.66. The maximum atomic E-state index is 10.4. The van der Waals surface area contributed by atoms with Gasteiger partial charge in [-0.2, -0.15) is 0 Å². The van der Waals surface area contributed by atoms with Crippen molar-refractivity contribution in [2.75, 3.05) is 0 Å². The molecule has 0 aromatic heterocycles. The van der Waals surface area contributed by atoms with Gasteiger partial charge in [0.15, 0.2) is 0 Å². The molecule has 4 heteroatoms. The van der Waals surface area contributed by atoms with Crippen molar-refractivity contribution >= 4 is 29.2 Å². The average molecular weight is 213 g/mol. The third kappa shape index (κ3) is 4.83. The number of carbonyl (C=O) groups is 1. The van der Waals surface area contributed by atoms with Crippen molar-refractivity contribution in [3.8, 4) is 0 Å². The molecule has 0 rings (SSSR count). The molecule has 2 nitrogen and oxygen atoms in total. The molecule has 0 aromatic rings. The average Bonchev–Trinajstić information content (AvgIpc) is 1.98. The fraction of sp³-hybridized carbons (Fsp3) is 0.875. The van der Waals surface area contributed by atoms with Crippen molar-refractivity contribution in [2.24, 2.45) is 0 Å². The summed E-state index contributed by atoms with van der Waals surface area (Å²) in [6.07, 6.45) is 4.30. The van der Waals surface area contributed by atoms with E-state index in [4.69, 9.17) is 28.3 Å². The summed E-state index contributed by atoms with van der Waals surface area (Å²) in [7, 11) is 0. The lowest BCUT2D eigenvalue weighted by Gasteiger charge is -2.12. The SMILES string of the molecule is CCCCCCC(Cl)(Cl)C(=O)O. The highest BCUT2D eigenvalue weighted by Crippen LogP contribution is 2.28. The Kier molecular flexibility index (Phi) is 5.68. The Bertz CT molecular complexity index is 146. The minimum atomic E-state index is -1.59. The van der Waals surface area contributed by atoms with E-state index in [9.17, 15) is 4.79 Å². The van der Waals surface area contributed by atoms with E-state index in [-0.39, 0.29) is 0 Å². The lowest BCUT2D eigenvalue weighted by molar-refractivity contribution is -0.138. The van der Waals surface area contributed by atoms with Gasteiger partial charge >= 0.3 is 5.97 Å². The summed E-state index contributed by atoms with van der Waals surface area (Å²) < 4.78 is -1.59. The molecule has 0 aromatic carbocycles. The molecule has 0 aliphatic rings. The largest absolute Gasteiger partial charge is 0.479 e. The van der Waals surface area contributed by atoms with Crippen LogP contribution in [0.25, 0.3) is 0 Å². The second kappa shape index (κ2) is 5.65. The van der Waals surface area contributed by atoms with Crippen LogP contribution in [0, 0.1) is 0 Å². The van der Waals surface area contributed by atoms with Gasteiger partial charge in [0.05, 0.1) is 0 Å². The van der Waals surface area contributed by atoms with Crippen LogP contribution in [0.1, 0.15) is 39.0 Å². The first-order valence-electron chi connectivity index (χ1n) is 4.12. The molecule has 0 aliphatic carbocycles. The Balaban J connectivity index is 3.54. The fourth-order valence-electron chi connectivity index (χ4n) is 0.881. The van der Waals surface area contributed by atoms with Gasteiger partial charge in [0.2, 0.25) is 4.33 Å². The van der Waals surface area contributed by atoms with Crippen molar-refractivity contribution in [2.45, 2.75) is 43.4 Å². The van der Waals surface area contributed by atoms with Gasteiger partial charge in [-0.25, -0.2) is 4.79 Å². The van der Waals surface area contributed by atoms with Crippen LogP contribution in [-0.2, 0) is 4.79 Å². The molecule has 0 heterocycles. The lowest BCUT2D eigenvalue weighted by Crippen LogP contribution is -2.25. The molecule has 1 N–H and O–H groups in total. The summed E-state index contributed by atoms with van der Waals surface area (Å²) in [4.78, 5) is 10.4. The number of aliphatic carboxylic acids is 1. The van der Waals surface area contributed by atoms with Crippen LogP contribution in [0.2, 0.25) is 0 Å². The van der Waals surface area contributed by atoms with Crippen LogP contribution < -0.4 is 0 Å². The summed E-state index contributed by atoms with van der Waals surface area (Å²) in [5, 5.41) is 8.53. The van der Waals surface area contributed by atoms with Crippen LogP contribution in [0.4, 0.5) is 0 Å². The summed E-state index contributed by atoms with van der Waals surface area (Å²) in [5.41, 5.74) is 0. The standard InChI is InChI=1S/C8H14Cl2O2/c1-2-3-4-5-6-8(9,10)7(11)12/h2-6H2,1H3,(H,11,12). The first-order chi connectivity index (χ1) is 5.50. The smallest absolute Gasteiger partial charge is 0.340 e. The van der Waals surface area contributed by atoms with Crippen LogP contribution in [0.3, 0.4) is 0 Å². The zero-order chi connectivity index (χ0) is 9.61. The highest BCUT2D eigenvalue weighted by Gasteiger charge is 2.32. The molecule has 12 heavy (non-hydrogen) atoms. The van der Waals surface area contributed by atoms with Gasteiger partial charge in [-0.05, 0) is 12.8 Å². The lowest BCUT2D eigenvalue weighted by atomic mass is 10.1. The minimum absolute atomic E-state index is 0.325. The Labute approximate surface area is 82.9 Å². The van der Waals surface area contributed by atoms with E-state index in [2.05, 4.69) is 6.92 Å². The molecule has 72 valence electrons. The summed E-state index contributed by atoms with van der Waals surface area (Å²) in [6, 6.07) is 0. The number of hydrogen-bond acceptors (Lipinski definition) is 1. The molecule has 0 bridgehead atoms. The first kappa shape index (κ1) is 12.0. The van der Waals surface area contributed by atoms with Crippen molar-refractivity contribution in [1.29, 1.82) is 0 Å². The van der Waals surface area contributed by atoms with Crippen molar-refractivity contribution in [3.63, 3.8) is 0 Å². The van der Waals surface area contributed by atoms with Crippen LogP contribution in [-0.4, -0.2) is 15.4 Å². The van der Waals surface area contributed by atoms with Gasteiger partial charge in [0.1, 0.15) is 0 Å². The normalized spacial score (nSPS) is 11.6. The second-order valence-electron chi connectivity index (χ2n) is 2.82. The second-order valence-corrected chi connectivity index (χ2v) is 4.30. The molecule has 0 atom stereocenters. The molecule has 0 aliphatic heterocycles. The number of unbranched alkanes of at least 4 members (excludes halogenated alkanes) is 3. The number of alkyl halides is 2. The minimum Gasteiger partial charge on any atom is -0.479 e. The van der Waals surface area contributed by atoms with E-state index in [0.29, 0.717) is 6.42 Å². The molecule has 0 amide bonds. The van der Waals surface area contributed by atoms with Gasteiger partial charge in [-0.1, -0.05) is 49.4 Å². The number of carboxylic acid groups (broad SMARTS) is 1. The number of halogens is 2. The van der Waals surface area contributed by atoms with Gasteiger partial charge in [0, 0.05) is 0 Å². The third-order valence-corrected chi connectivity index (χ3v) is 2.36. The quantitative estimate of drug-likeness (QED) is 0.543. The molecule has 0 fully saturated rings. The summed E-state index contributed by atoms with van der Waals surface area (Å²) in [6.45, 7) is 2.09. The highest BCUT2D eigenvalue weighted by molar-refractivity contribution is 6.57. The van der Waals surface area contributed by atoms with E-state index in [1.54, 1.807) is 0 Å². The number of rotatable bonds is 6. The first-order valence-corrected chi connectivity index (χ1v) is 4.87. The van der Waals surface area contributed by atoms with E-state index in [1.807, 2.05) is 0 Å². The van der Waals surface area contributed by atoms with Gasteiger partial charge in [-0.15, -0.1) is 0 Å². The summed E-state index contributed by atoms with van der Waals surface area (Å²) in [5.74, 6) is -1.15. The van der Waals surface area contributed by atoms with Gasteiger partial charge in [-0.3, -0.25) is 0 Å². The Morgan fingerprint density at radius 2 is 1.92 bits per heavy atom. The molecule has 0 spiro atoms. The number of carboxylic acids is 1. The topological polar surface area (TPSA) is 37.3 Å². The predicted molar refractivity (Wildman–Crippen MR) is 50.8 cm³/mol. The van der Waals surface area contributed by atoms with Crippen molar-refractivity contribution in [3.05, 3.63) is 0 Å². The molecule has 0 unspecified atom stereocenters. The highest BCUT2D eigenvalue weighted by atomic mass is 35.5. The maximum Gasteiger partial charge on any atom is 0.340 e. The summed E-state index contributed by atoms with van der Waals surface area (Å²) >= 11 is 11.0. The number of hydrogen-bond donors (Lipinski definition) is 1. The Morgan fingerprint density at radius 1 is 1.33 bits per heavy atom. The Morgan fingerprint density at radius 3 is 2.33 bits per heavy atom. The Hall–Kier alpha value is 0.0500. The van der Waals surface area contributed by atoms with Gasteiger partial charge in [0.25, 0.3) is 0 Å². The fourth-order valence-corrected chi connectivity index (χ4v) is 1.15. The monoisotopic (exact) mass is 212 g/mol. The van der Waals surface area contributed by atoms with Crippen LogP contribution in [0.15, 0.2) is 0 Å². The predicted octanol–water partition coefficient (Wildman–Crippen LogP) is 3.22. The molecule has 0 radical (unpaired) electrons. The van der Waals surface area contributed by atoms with Crippen molar-refractivity contribution in [1.82, 2.24) is 0 Å². The molecule has 0 saturated carbocycles. The third-order valence-electron chi connectivity index (χ3n) is 1.66. The zero-order valence-electron chi connectivity index (χ0n) is 7.15. The van der Waals surface area contributed by atoms with E-state index < -0.39 is 10.3 Å².